The van der Waals surface area contributed by atoms with Gasteiger partial charge in [-0.1, -0.05) is 0 Å². The summed E-state index contributed by atoms with van der Waals surface area (Å²) in [6.45, 7) is 0. The molecule has 0 aromatic heterocycles. The van der Waals surface area contributed by atoms with Crippen molar-refractivity contribution in [1.29, 1.82) is 0 Å². The molecular weight excluding hydrogens is 230 g/mol. The summed E-state index contributed by atoms with van der Waals surface area (Å²) in [5.74, 6) is -2.96. The molecule has 0 amide bonds. The van der Waals surface area contributed by atoms with E-state index in [4.69, 9.17) is 9.90 Å². The molecule has 0 aliphatic rings. The van der Waals surface area contributed by atoms with Gasteiger partial charge in [-0.2, -0.15) is 13.2 Å². The second-order valence-corrected chi connectivity index (χ2v) is 2.56. The molecule has 0 saturated carbocycles. The maximum atomic E-state index is 12.2. The number of carbonyl (C=O) groups is 1. The molecular formula is C9H9F4NO2. The van der Waals surface area contributed by atoms with Crippen LogP contribution in [0.2, 0.25) is 0 Å². The van der Waals surface area contributed by atoms with Crippen LogP contribution in [-0.2, 0) is 4.79 Å². The highest BCUT2D eigenvalue weighted by Crippen LogP contribution is 2.13. The Kier molecular flexibility index (Phi) is 5.27. The van der Waals surface area contributed by atoms with E-state index in [2.05, 4.69) is 5.32 Å². The fourth-order valence-corrected chi connectivity index (χ4v) is 0.617. The van der Waals surface area contributed by atoms with Crippen molar-refractivity contribution >= 4 is 11.7 Å². The molecule has 1 aromatic rings. The molecule has 1 aromatic carbocycles. The molecule has 0 spiro atoms. The number of anilines is 1. The minimum absolute atomic E-state index is 0.200. The number of benzene rings is 1. The Hall–Kier alpha value is -1.79. The predicted octanol–water partition coefficient (Wildman–Crippen LogP) is 2.50. The van der Waals surface area contributed by atoms with Gasteiger partial charge in [0.15, 0.2) is 0 Å². The molecule has 0 bridgehead atoms. The molecule has 0 fully saturated rings. The summed E-state index contributed by atoms with van der Waals surface area (Å²) in [6.07, 6.45) is -5.08. The van der Waals surface area contributed by atoms with Gasteiger partial charge in [0.25, 0.3) is 0 Å². The zero-order chi connectivity index (χ0) is 12.8. The first-order valence-electron chi connectivity index (χ1n) is 4.01. The monoisotopic (exact) mass is 239 g/mol. The number of aliphatic carboxylic acids is 1. The van der Waals surface area contributed by atoms with Crippen molar-refractivity contribution in [2.75, 3.05) is 12.4 Å². The Balaban J connectivity index is 0.000000293. The van der Waals surface area contributed by atoms with Gasteiger partial charge in [-0.05, 0) is 24.3 Å². The van der Waals surface area contributed by atoms with E-state index < -0.39 is 12.1 Å². The number of hydrogen-bond acceptors (Lipinski definition) is 2. The van der Waals surface area contributed by atoms with Crippen LogP contribution >= 0.6 is 0 Å². The molecule has 0 radical (unpaired) electrons. The van der Waals surface area contributed by atoms with Crippen molar-refractivity contribution in [2.24, 2.45) is 0 Å². The maximum Gasteiger partial charge on any atom is 0.490 e. The third-order valence-electron chi connectivity index (χ3n) is 1.38. The van der Waals surface area contributed by atoms with E-state index >= 15 is 0 Å². The van der Waals surface area contributed by atoms with E-state index in [1.165, 1.54) is 12.1 Å². The van der Waals surface area contributed by atoms with Gasteiger partial charge in [-0.3, -0.25) is 0 Å². The van der Waals surface area contributed by atoms with Crippen molar-refractivity contribution in [3.8, 4) is 0 Å². The number of carboxylic acid groups (broad SMARTS) is 1. The Labute approximate surface area is 88.7 Å². The Bertz CT molecular complexity index is 334. The Morgan fingerprint density at radius 2 is 1.62 bits per heavy atom. The van der Waals surface area contributed by atoms with Crippen molar-refractivity contribution in [3.05, 3.63) is 30.1 Å². The topological polar surface area (TPSA) is 49.3 Å². The lowest BCUT2D eigenvalue weighted by Crippen LogP contribution is -2.21. The van der Waals surface area contributed by atoms with Crippen LogP contribution in [0.15, 0.2) is 24.3 Å². The number of rotatable bonds is 1. The first kappa shape index (κ1) is 14.2. The molecule has 0 aliphatic heterocycles. The number of hydrogen-bond donors (Lipinski definition) is 2. The van der Waals surface area contributed by atoms with Crippen LogP contribution in [-0.4, -0.2) is 24.3 Å². The fraction of sp³-hybridized carbons (Fsp3) is 0.222. The van der Waals surface area contributed by atoms with Crippen molar-refractivity contribution in [1.82, 2.24) is 0 Å². The minimum atomic E-state index is -5.08. The summed E-state index contributed by atoms with van der Waals surface area (Å²) in [4.78, 5) is 8.90. The number of alkyl halides is 3. The van der Waals surface area contributed by atoms with Crippen molar-refractivity contribution < 1.29 is 27.5 Å². The van der Waals surface area contributed by atoms with E-state index in [-0.39, 0.29) is 5.82 Å². The molecule has 0 saturated heterocycles. The van der Waals surface area contributed by atoms with E-state index in [1.807, 2.05) is 0 Å². The summed E-state index contributed by atoms with van der Waals surface area (Å²) in [6, 6.07) is 6.22. The van der Waals surface area contributed by atoms with Crippen LogP contribution in [0, 0.1) is 5.82 Å². The van der Waals surface area contributed by atoms with Crippen molar-refractivity contribution in [3.63, 3.8) is 0 Å². The first-order valence-corrected chi connectivity index (χ1v) is 4.01. The van der Waals surface area contributed by atoms with Gasteiger partial charge in [0.05, 0.1) is 0 Å². The molecule has 90 valence electrons. The van der Waals surface area contributed by atoms with Crippen LogP contribution in [0.5, 0.6) is 0 Å². The molecule has 0 heterocycles. The number of halogens is 4. The Morgan fingerprint density at radius 3 is 1.88 bits per heavy atom. The highest BCUT2D eigenvalue weighted by atomic mass is 19.4. The standard InChI is InChI=1S/C7H8FN.C2HF3O2/c1-9-7-4-2-6(8)3-5-7;3-2(4,5)1(6)7/h2-5,9H,1H3;(H,6,7). The molecule has 1 rings (SSSR count). The lowest BCUT2D eigenvalue weighted by atomic mass is 10.3. The summed E-state index contributed by atoms with van der Waals surface area (Å²) in [7, 11) is 1.80. The van der Waals surface area contributed by atoms with Crippen LogP contribution in [0.3, 0.4) is 0 Å². The Morgan fingerprint density at radius 1 is 1.25 bits per heavy atom. The predicted molar refractivity (Wildman–Crippen MR) is 49.6 cm³/mol. The summed E-state index contributed by atoms with van der Waals surface area (Å²) in [5.41, 5.74) is 0.927. The van der Waals surface area contributed by atoms with Gasteiger partial charge in [0.1, 0.15) is 5.82 Å². The fourth-order valence-electron chi connectivity index (χ4n) is 0.617. The molecule has 3 nitrogen and oxygen atoms in total. The lowest BCUT2D eigenvalue weighted by molar-refractivity contribution is -0.192. The smallest absolute Gasteiger partial charge is 0.475 e. The quantitative estimate of drug-likeness (QED) is 0.740. The van der Waals surface area contributed by atoms with Crippen LogP contribution in [0.4, 0.5) is 23.2 Å². The zero-order valence-corrected chi connectivity index (χ0v) is 8.18. The summed E-state index contributed by atoms with van der Waals surface area (Å²) in [5, 5.41) is 10.0. The lowest BCUT2D eigenvalue weighted by Gasteiger charge is -1.95. The average Bonchev–Trinajstić information content (AvgIpc) is 2.18. The molecule has 0 atom stereocenters. The van der Waals surface area contributed by atoms with Gasteiger partial charge in [-0.15, -0.1) is 0 Å². The first-order chi connectivity index (χ1) is 7.27. The number of carboxylic acids is 1. The third-order valence-corrected chi connectivity index (χ3v) is 1.38. The summed E-state index contributed by atoms with van der Waals surface area (Å²) >= 11 is 0. The molecule has 0 aliphatic carbocycles. The van der Waals surface area contributed by atoms with Crippen LogP contribution in [0.1, 0.15) is 0 Å². The average molecular weight is 239 g/mol. The van der Waals surface area contributed by atoms with Gasteiger partial charge >= 0.3 is 12.1 Å². The van der Waals surface area contributed by atoms with Gasteiger partial charge in [-0.25, -0.2) is 9.18 Å². The second-order valence-electron chi connectivity index (χ2n) is 2.56. The summed E-state index contributed by atoms with van der Waals surface area (Å²) < 4.78 is 43.9. The third kappa shape index (κ3) is 5.84. The van der Waals surface area contributed by atoms with E-state index in [9.17, 15) is 17.6 Å². The maximum absolute atomic E-state index is 12.2. The zero-order valence-electron chi connectivity index (χ0n) is 8.18. The van der Waals surface area contributed by atoms with Crippen LogP contribution in [0.25, 0.3) is 0 Å². The van der Waals surface area contributed by atoms with Crippen molar-refractivity contribution in [2.45, 2.75) is 6.18 Å². The van der Waals surface area contributed by atoms with E-state index in [0.717, 1.165) is 5.69 Å². The van der Waals surface area contributed by atoms with E-state index in [0.29, 0.717) is 0 Å². The highest BCUT2D eigenvalue weighted by Gasteiger charge is 2.38. The van der Waals surface area contributed by atoms with Gasteiger partial charge < -0.3 is 10.4 Å². The second kappa shape index (κ2) is 5.94. The normalized spacial score (nSPS) is 10.1. The minimum Gasteiger partial charge on any atom is -0.475 e. The highest BCUT2D eigenvalue weighted by molar-refractivity contribution is 5.73. The van der Waals surface area contributed by atoms with Gasteiger partial charge in [0.2, 0.25) is 0 Å². The SMILES string of the molecule is CNc1ccc(F)cc1.O=C(O)C(F)(F)F. The largest absolute Gasteiger partial charge is 0.490 e. The molecule has 2 N–H and O–H groups in total. The number of nitrogens with one attached hydrogen (secondary N) is 1. The molecule has 16 heavy (non-hydrogen) atoms. The molecule has 7 heteroatoms. The van der Waals surface area contributed by atoms with Gasteiger partial charge in [0, 0.05) is 12.7 Å². The van der Waals surface area contributed by atoms with E-state index in [1.54, 1.807) is 19.2 Å². The van der Waals surface area contributed by atoms with Crippen LogP contribution < -0.4 is 5.32 Å². The molecule has 0 unspecified atom stereocenters.